The Kier molecular flexibility index (Phi) is 2.97. The molecule has 0 aliphatic carbocycles. The van der Waals surface area contributed by atoms with Crippen LogP contribution in [0.15, 0.2) is 63.9 Å². The van der Waals surface area contributed by atoms with Crippen molar-refractivity contribution in [1.82, 2.24) is 9.97 Å². The summed E-state index contributed by atoms with van der Waals surface area (Å²) in [6, 6.07) is 14.2. The fourth-order valence-corrected chi connectivity index (χ4v) is 2.83. The standard InChI is InChI=1S/C17H11BrN2O/c18-16-6-5-15-17(20-16)13(10-21-15)9-11-3-4-14-12(8-11)2-1-7-19-14/h1-8,10H,9H2. The number of benzene rings is 1. The number of pyridine rings is 2. The van der Waals surface area contributed by atoms with E-state index < -0.39 is 0 Å². The van der Waals surface area contributed by atoms with Crippen LogP contribution in [-0.2, 0) is 6.42 Å². The molecule has 0 fully saturated rings. The maximum absolute atomic E-state index is 5.57. The molecule has 0 bridgehead atoms. The topological polar surface area (TPSA) is 38.9 Å². The highest BCUT2D eigenvalue weighted by molar-refractivity contribution is 9.10. The molecule has 3 aromatic heterocycles. The van der Waals surface area contributed by atoms with E-state index in [2.05, 4.69) is 50.2 Å². The molecule has 0 N–H and O–H groups in total. The van der Waals surface area contributed by atoms with Crippen LogP contribution in [0.1, 0.15) is 11.1 Å². The number of rotatable bonds is 2. The minimum Gasteiger partial charge on any atom is -0.462 e. The monoisotopic (exact) mass is 338 g/mol. The molecule has 0 radical (unpaired) electrons. The van der Waals surface area contributed by atoms with Crippen molar-refractivity contribution in [2.45, 2.75) is 6.42 Å². The number of aromatic nitrogens is 2. The van der Waals surface area contributed by atoms with E-state index in [1.165, 1.54) is 5.56 Å². The highest BCUT2D eigenvalue weighted by atomic mass is 79.9. The average Bonchev–Trinajstić information content (AvgIpc) is 2.89. The summed E-state index contributed by atoms with van der Waals surface area (Å²) in [6.45, 7) is 0. The lowest BCUT2D eigenvalue weighted by molar-refractivity contribution is 0.611. The number of hydrogen-bond acceptors (Lipinski definition) is 3. The third kappa shape index (κ3) is 2.32. The van der Waals surface area contributed by atoms with Gasteiger partial charge >= 0.3 is 0 Å². The van der Waals surface area contributed by atoms with E-state index in [1.807, 2.05) is 24.4 Å². The molecule has 0 atom stereocenters. The fraction of sp³-hybridized carbons (Fsp3) is 0.0588. The van der Waals surface area contributed by atoms with Crippen molar-refractivity contribution in [2.75, 3.05) is 0 Å². The van der Waals surface area contributed by atoms with Gasteiger partial charge in [0.2, 0.25) is 0 Å². The Labute approximate surface area is 129 Å². The Morgan fingerprint density at radius 1 is 1.10 bits per heavy atom. The van der Waals surface area contributed by atoms with Crippen LogP contribution in [0.3, 0.4) is 0 Å². The summed E-state index contributed by atoms with van der Waals surface area (Å²) in [7, 11) is 0. The van der Waals surface area contributed by atoms with Gasteiger partial charge in [-0.05, 0) is 51.8 Å². The molecule has 0 saturated heterocycles. The smallest absolute Gasteiger partial charge is 0.152 e. The summed E-state index contributed by atoms with van der Waals surface area (Å²) < 4.78 is 6.39. The first-order chi connectivity index (χ1) is 10.3. The molecule has 0 saturated carbocycles. The van der Waals surface area contributed by atoms with E-state index in [-0.39, 0.29) is 0 Å². The summed E-state index contributed by atoms with van der Waals surface area (Å²) in [5, 5.41) is 1.15. The van der Waals surface area contributed by atoms with E-state index in [0.29, 0.717) is 0 Å². The van der Waals surface area contributed by atoms with Crippen LogP contribution in [-0.4, -0.2) is 9.97 Å². The number of hydrogen-bond donors (Lipinski definition) is 0. The van der Waals surface area contributed by atoms with Crippen LogP contribution in [0.25, 0.3) is 22.0 Å². The minimum absolute atomic E-state index is 0.793. The lowest BCUT2D eigenvalue weighted by atomic mass is 10.0. The van der Waals surface area contributed by atoms with Crippen molar-refractivity contribution in [2.24, 2.45) is 0 Å². The molecule has 21 heavy (non-hydrogen) atoms. The van der Waals surface area contributed by atoms with Gasteiger partial charge in [0.05, 0.1) is 11.8 Å². The fourth-order valence-electron chi connectivity index (χ4n) is 2.52. The zero-order valence-electron chi connectivity index (χ0n) is 11.1. The molecule has 0 unspecified atom stereocenters. The molecule has 102 valence electrons. The van der Waals surface area contributed by atoms with Crippen molar-refractivity contribution >= 4 is 37.9 Å². The molecule has 0 aliphatic heterocycles. The van der Waals surface area contributed by atoms with E-state index in [1.54, 1.807) is 6.26 Å². The summed E-state index contributed by atoms with van der Waals surface area (Å²) >= 11 is 3.41. The number of fused-ring (bicyclic) bond motifs is 2. The quantitative estimate of drug-likeness (QED) is 0.496. The minimum atomic E-state index is 0.793. The predicted octanol–water partition coefficient (Wildman–Crippen LogP) is 4.73. The van der Waals surface area contributed by atoms with Crippen molar-refractivity contribution in [3.63, 3.8) is 0 Å². The molecule has 0 aliphatic rings. The lowest BCUT2D eigenvalue weighted by Crippen LogP contribution is -1.89. The number of halogens is 1. The SMILES string of the molecule is Brc1ccc2occ(Cc3ccc4ncccc4c3)c2n1. The molecule has 4 heteroatoms. The van der Waals surface area contributed by atoms with Crippen molar-refractivity contribution in [1.29, 1.82) is 0 Å². The van der Waals surface area contributed by atoms with Crippen LogP contribution >= 0.6 is 15.9 Å². The highest BCUT2D eigenvalue weighted by Crippen LogP contribution is 2.24. The summed E-state index contributed by atoms with van der Waals surface area (Å²) in [5.74, 6) is 0. The van der Waals surface area contributed by atoms with Gasteiger partial charge in [0.1, 0.15) is 10.1 Å². The van der Waals surface area contributed by atoms with E-state index in [9.17, 15) is 0 Å². The van der Waals surface area contributed by atoms with Crippen LogP contribution in [0, 0.1) is 0 Å². The lowest BCUT2D eigenvalue weighted by Gasteiger charge is -2.02. The second-order valence-corrected chi connectivity index (χ2v) is 5.76. The predicted molar refractivity (Wildman–Crippen MR) is 86.3 cm³/mol. The maximum atomic E-state index is 5.57. The van der Waals surface area contributed by atoms with Crippen LogP contribution in [0.2, 0.25) is 0 Å². The Hall–Kier alpha value is -2.20. The van der Waals surface area contributed by atoms with Crippen molar-refractivity contribution in [3.8, 4) is 0 Å². The Balaban J connectivity index is 1.77. The second kappa shape index (κ2) is 4.97. The molecule has 1 aromatic carbocycles. The highest BCUT2D eigenvalue weighted by Gasteiger charge is 2.09. The molecule has 0 spiro atoms. The normalized spacial score (nSPS) is 11.3. The molecule has 3 nitrogen and oxygen atoms in total. The van der Waals surface area contributed by atoms with Gasteiger partial charge in [-0.3, -0.25) is 4.98 Å². The molecule has 3 heterocycles. The van der Waals surface area contributed by atoms with Crippen molar-refractivity contribution < 1.29 is 4.42 Å². The maximum Gasteiger partial charge on any atom is 0.152 e. The largest absolute Gasteiger partial charge is 0.462 e. The van der Waals surface area contributed by atoms with Crippen LogP contribution < -0.4 is 0 Å². The average molecular weight is 339 g/mol. The van der Waals surface area contributed by atoms with Gasteiger partial charge in [0, 0.05) is 23.6 Å². The van der Waals surface area contributed by atoms with Gasteiger partial charge in [-0.2, -0.15) is 0 Å². The number of furan rings is 1. The van der Waals surface area contributed by atoms with Crippen molar-refractivity contribution in [3.05, 3.63) is 70.7 Å². The zero-order valence-corrected chi connectivity index (χ0v) is 12.7. The van der Waals surface area contributed by atoms with E-state index in [4.69, 9.17) is 4.42 Å². The molecule has 4 rings (SSSR count). The van der Waals surface area contributed by atoms with Gasteiger partial charge in [0.15, 0.2) is 5.58 Å². The van der Waals surface area contributed by atoms with Gasteiger partial charge in [-0.1, -0.05) is 12.1 Å². The Morgan fingerprint density at radius 3 is 3.00 bits per heavy atom. The molecular formula is C17H11BrN2O. The van der Waals surface area contributed by atoms with Gasteiger partial charge in [-0.15, -0.1) is 0 Å². The second-order valence-electron chi connectivity index (χ2n) is 4.95. The molecular weight excluding hydrogens is 328 g/mol. The first kappa shape index (κ1) is 12.5. The molecule has 0 amide bonds. The Morgan fingerprint density at radius 2 is 2.05 bits per heavy atom. The van der Waals surface area contributed by atoms with E-state index >= 15 is 0 Å². The summed E-state index contributed by atoms with van der Waals surface area (Å²) in [4.78, 5) is 8.85. The third-order valence-corrected chi connectivity index (χ3v) is 3.96. The zero-order chi connectivity index (χ0) is 14.2. The van der Waals surface area contributed by atoms with Gasteiger partial charge < -0.3 is 4.42 Å². The first-order valence-electron chi connectivity index (χ1n) is 6.66. The van der Waals surface area contributed by atoms with E-state index in [0.717, 1.165) is 38.6 Å². The summed E-state index contributed by atoms with van der Waals surface area (Å²) in [5.41, 5.74) is 5.06. The van der Waals surface area contributed by atoms with Crippen LogP contribution in [0.4, 0.5) is 0 Å². The van der Waals surface area contributed by atoms with Crippen LogP contribution in [0.5, 0.6) is 0 Å². The molecule has 4 aromatic rings. The Bertz CT molecular complexity index is 946. The number of nitrogens with zero attached hydrogens (tertiary/aromatic N) is 2. The first-order valence-corrected chi connectivity index (χ1v) is 7.45. The van der Waals surface area contributed by atoms with Gasteiger partial charge in [0.25, 0.3) is 0 Å². The summed E-state index contributed by atoms with van der Waals surface area (Å²) in [6.07, 6.45) is 4.39. The van der Waals surface area contributed by atoms with Gasteiger partial charge in [-0.25, -0.2) is 4.98 Å². The third-order valence-electron chi connectivity index (χ3n) is 3.52.